The molecule has 1 aromatic rings. The van der Waals surface area contributed by atoms with E-state index in [9.17, 15) is 0 Å². The van der Waals surface area contributed by atoms with Crippen molar-refractivity contribution < 1.29 is 4.74 Å². The molecule has 19 heavy (non-hydrogen) atoms. The van der Waals surface area contributed by atoms with Crippen molar-refractivity contribution in [2.75, 3.05) is 19.4 Å². The minimum Gasteiger partial charge on any atom is -0.497 e. The normalized spacial score (nSPS) is 21.1. The zero-order valence-electron chi connectivity index (χ0n) is 12.2. The van der Waals surface area contributed by atoms with Crippen molar-refractivity contribution in [3.05, 3.63) is 29.3 Å². The molecule has 0 spiro atoms. The van der Waals surface area contributed by atoms with E-state index < -0.39 is 0 Å². The van der Waals surface area contributed by atoms with Crippen molar-refractivity contribution >= 4 is 11.8 Å². The van der Waals surface area contributed by atoms with Gasteiger partial charge in [0, 0.05) is 11.3 Å². The van der Waals surface area contributed by atoms with Gasteiger partial charge >= 0.3 is 0 Å². The van der Waals surface area contributed by atoms with E-state index in [2.05, 4.69) is 49.1 Å². The third-order valence-electron chi connectivity index (χ3n) is 3.82. The Balaban J connectivity index is 2.22. The van der Waals surface area contributed by atoms with Gasteiger partial charge in [-0.1, -0.05) is 19.4 Å². The molecule has 0 saturated carbocycles. The van der Waals surface area contributed by atoms with Crippen LogP contribution >= 0.6 is 11.8 Å². The Bertz CT molecular complexity index is 402. The lowest BCUT2D eigenvalue weighted by molar-refractivity contribution is 0.413. The van der Waals surface area contributed by atoms with Crippen molar-refractivity contribution in [2.45, 2.75) is 44.4 Å². The van der Waals surface area contributed by atoms with Gasteiger partial charge in [0.1, 0.15) is 5.75 Å². The van der Waals surface area contributed by atoms with Crippen LogP contribution in [0.15, 0.2) is 18.2 Å². The Morgan fingerprint density at radius 2 is 2.26 bits per heavy atom. The summed E-state index contributed by atoms with van der Waals surface area (Å²) in [5.74, 6) is 2.26. The maximum atomic E-state index is 5.31. The second-order valence-corrected chi connectivity index (χ2v) is 6.51. The summed E-state index contributed by atoms with van der Waals surface area (Å²) in [4.78, 5) is 0. The molecule has 1 fully saturated rings. The van der Waals surface area contributed by atoms with Gasteiger partial charge in [0.25, 0.3) is 0 Å². The van der Waals surface area contributed by atoms with Crippen molar-refractivity contribution in [1.29, 1.82) is 0 Å². The first-order chi connectivity index (χ1) is 9.26. The van der Waals surface area contributed by atoms with E-state index in [1.807, 2.05) is 0 Å². The first kappa shape index (κ1) is 14.7. The van der Waals surface area contributed by atoms with Crippen molar-refractivity contribution in [1.82, 2.24) is 5.32 Å². The number of methoxy groups -OCH3 is 1. The third kappa shape index (κ3) is 3.67. The molecule has 0 amide bonds. The fourth-order valence-corrected chi connectivity index (χ4v) is 4.26. The molecule has 1 heterocycles. The zero-order valence-corrected chi connectivity index (χ0v) is 13.1. The average Bonchev–Trinajstić information content (AvgIpc) is 2.46. The highest BCUT2D eigenvalue weighted by molar-refractivity contribution is 8.00. The van der Waals surface area contributed by atoms with E-state index in [1.165, 1.54) is 36.1 Å². The molecule has 1 aromatic carbocycles. The van der Waals surface area contributed by atoms with Crippen LogP contribution in [0.5, 0.6) is 5.75 Å². The van der Waals surface area contributed by atoms with E-state index in [-0.39, 0.29) is 0 Å². The zero-order chi connectivity index (χ0) is 13.7. The van der Waals surface area contributed by atoms with E-state index in [0.717, 1.165) is 12.3 Å². The quantitative estimate of drug-likeness (QED) is 0.882. The van der Waals surface area contributed by atoms with Crippen molar-refractivity contribution in [3.8, 4) is 5.75 Å². The largest absolute Gasteiger partial charge is 0.497 e. The van der Waals surface area contributed by atoms with Crippen molar-refractivity contribution in [2.24, 2.45) is 0 Å². The molecule has 1 aliphatic rings. The maximum Gasteiger partial charge on any atom is 0.119 e. The molecule has 1 N–H and O–H groups in total. The highest BCUT2D eigenvalue weighted by Crippen LogP contribution is 2.36. The van der Waals surface area contributed by atoms with Gasteiger partial charge in [-0.2, -0.15) is 11.8 Å². The number of ether oxygens (including phenoxy) is 1. The first-order valence-corrected chi connectivity index (χ1v) is 8.30. The fraction of sp³-hybridized carbons (Fsp3) is 0.625. The highest BCUT2D eigenvalue weighted by atomic mass is 32.2. The van der Waals surface area contributed by atoms with Crippen LogP contribution < -0.4 is 10.1 Å². The van der Waals surface area contributed by atoms with Gasteiger partial charge in [-0.05, 0) is 55.3 Å². The Kier molecular flexibility index (Phi) is 5.59. The number of nitrogens with one attached hydrogen (secondary N) is 1. The second-order valence-electron chi connectivity index (χ2n) is 5.16. The number of aryl methyl sites for hydroxylation is 1. The number of hydrogen-bond donors (Lipinski definition) is 1. The van der Waals surface area contributed by atoms with E-state index in [4.69, 9.17) is 4.74 Å². The van der Waals surface area contributed by atoms with Gasteiger partial charge in [0.05, 0.1) is 7.11 Å². The molecule has 0 aliphatic carbocycles. The lowest BCUT2D eigenvalue weighted by atomic mass is 9.95. The third-order valence-corrected chi connectivity index (χ3v) is 5.28. The lowest BCUT2D eigenvalue weighted by Gasteiger charge is -2.31. The molecule has 2 unspecified atom stereocenters. The minimum atomic E-state index is 0.473. The summed E-state index contributed by atoms with van der Waals surface area (Å²) in [5.41, 5.74) is 2.76. The average molecular weight is 279 g/mol. The van der Waals surface area contributed by atoms with Crippen LogP contribution in [0.1, 0.15) is 43.4 Å². The maximum absolute atomic E-state index is 5.31. The van der Waals surface area contributed by atoms with Crippen LogP contribution in [-0.4, -0.2) is 24.7 Å². The van der Waals surface area contributed by atoms with E-state index >= 15 is 0 Å². The fourth-order valence-electron chi connectivity index (χ4n) is 2.81. The van der Waals surface area contributed by atoms with E-state index in [0.29, 0.717) is 11.3 Å². The summed E-state index contributed by atoms with van der Waals surface area (Å²) in [6.45, 7) is 5.40. The van der Waals surface area contributed by atoms with E-state index in [1.54, 1.807) is 7.11 Å². The van der Waals surface area contributed by atoms with Crippen LogP contribution in [-0.2, 0) is 0 Å². The highest BCUT2D eigenvalue weighted by Gasteiger charge is 2.26. The molecule has 0 radical (unpaired) electrons. The summed E-state index contributed by atoms with van der Waals surface area (Å²) in [7, 11) is 1.73. The summed E-state index contributed by atoms with van der Waals surface area (Å²) in [6.07, 6.45) is 4.07. The van der Waals surface area contributed by atoms with Gasteiger partial charge in [-0.25, -0.2) is 0 Å². The summed E-state index contributed by atoms with van der Waals surface area (Å²) < 4.78 is 5.31. The van der Waals surface area contributed by atoms with Crippen LogP contribution in [0.3, 0.4) is 0 Å². The molecular weight excluding hydrogens is 254 g/mol. The van der Waals surface area contributed by atoms with Gasteiger partial charge < -0.3 is 10.1 Å². The van der Waals surface area contributed by atoms with Gasteiger partial charge in [-0.3, -0.25) is 0 Å². The number of benzene rings is 1. The monoisotopic (exact) mass is 279 g/mol. The standard InChI is InChI=1S/C16H25NOS/c1-4-17-16(15-7-5-6-10-19-15)14-9-8-13(18-3)11-12(14)2/h8-9,11,15-17H,4-7,10H2,1-3H3. The molecule has 1 saturated heterocycles. The topological polar surface area (TPSA) is 21.3 Å². The van der Waals surface area contributed by atoms with Gasteiger partial charge in [0.2, 0.25) is 0 Å². The lowest BCUT2D eigenvalue weighted by Crippen LogP contribution is -2.32. The smallest absolute Gasteiger partial charge is 0.119 e. The Morgan fingerprint density at radius 1 is 1.42 bits per heavy atom. The van der Waals surface area contributed by atoms with Crippen LogP contribution in [0.2, 0.25) is 0 Å². The molecule has 0 bridgehead atoms. The number of thioether (sulfide) groups is 1. The molecule has 2 nitrogen and oxygen atoms in total. The molecule has 0 aromatic heterocycles. The predicted octanol–water partition coefficient (Wildman–Crippen LogP) is 3.94. The first-order valence-electron chi connectivity index (χ1n) is 7.25. The summed E-state index contributed by atoms with van der Waals surface area (Å²) in [5, 5.41) is 4.39. The van der Waals surface area contributed by atoms with Crippen molar-refractivity contribution in [3.63, 3.8) is 0 Å². The minimum absolute atomic E-state index is 0.473. The molecule has 2 atom stereocenters. The molecule has 1 aliphatic heterocycles. The Hall–Kier alpha value is -0.670. The summed E-state index contributed by atoms with van der Waals surface area (Å²) >= 11 is 2.13. The molecule has 2 rings (SSSR count). The second kappa shape index (κ2) is 7.20. The molecule has 106 valence electrons. The van der Waals surface area contributed by atoms with Crippen LogP contribution in [0, 0.1) is 6.92 Å². The predicted molar refractivity (Wildman–Crippen MR) is 84.2 cm³/mol. The van der Waals surface area contributed by atoms with Crippen LogP contribution in [0.4, 0.5) is 0 Å². The van der Waals surface area contributed by atoms with Gasteiger partial charge in [-0.15, -0.1) is 0 Å². The molecular formula is C16H25NOS. The Morgan fingerprint density at radius 3 is 2.84 bits per heavy atom. The number of rotatable bonds is 5. The summed E-state index contributed by atoms with van der Waals surface area (Å²) in [6, 6.07) is 6.94. The molecule has 3 heteroatoms. The Labute approximate surface area is 121 Å². The SMILES string of the molecule is CCNC(c1ccc(OC)cc1C)C1CCCCS1. The number of hydrogen-bond acceptors (Lipinski definition) is 3. The van der Waals surface area contributed by atoms with Crippen LogP contribution in [0.25, 0.3) is 0 Å². The van der Waals surface area contributed by atoms with Gasteiger partial charge in [0.15, 0.2) is 0 Å².